The maximum Gasteiger partial charge on any atom is 0.141 e. The van der Waals surface area contributed by atoms with Crippen molar-refractivity contribution in [1.29, 1.82) is 0 Å². The Morgan fingerprint density at radius 3 is 2.62 bits per heavy atom. The molecule has 1 aliphatic heterocycles. The number of hydrogen-bond acceptors (Lipinski definition) is 0. The molecule has 1 aliphatic rings. The topological polar surface area (TPSA) is 0 Å². The van der Waals surface area contributed by atoms with Crippen molar-refractivity contribution in [2.24, 2.45) is 0 Å². The van der Waals surface area contributed by atoms with Crippen LogP contribution in [0.15, 0.2) is 53.6 Å². The Balaban J connectivity index is 1.82. The molecule has 1 heterocycles. The number of nitrogens with zero attached hydrogens (tertiary/aromatic N) is 1. The molecule has 0 radical (unpaired) electrons. The number of quaternary nitrogens is 1. The summed E-state index contributed by atoms with van der Waals surface area (Å²) in [5.41, 5.74) is 1.13. The molecule has 0 N–H and O–H groups in total. The van der Waals surface area contributed by atoms with Crippen molar-refractivity contribution in [2.45, 2.75) is 26.2 Å². The smallest absolute Gasteiger partial charge is 0.141 e. The van der Waals surface area contributed by atoms with Crippen LogP contribution < -0.4 is 0 Å². The summed E-state index contributed by atoms with van der Waals surface area (Å²) in [4.78, 5) is 0. The Morgan fingerprint density at radius 2 is 1.83 bits per heavy atom. The predicted molar refractivity (Wildman–Crippen MR) is 104 cm³/mol. The molecule has 0 atom stereocenters. The maximum atomic E-state index is 6.07. The van der Waals surface area contributed by atoms with Gasteiger partial charge in [-0.25, -0.2) is 0 Å². The fraction of sp³-hybridized carbons (Fsp3) is 0.364. The second-order valence-electron chi connectivity index (χ2n) is 6.81. The number of hydrogen-bond donors (Lipinski definition) is 0. The first-order valence-electron chi connectivity index (χ1n) is 8.83. The van der Waals surface area contributed by atoms with Crippen LogP contribution in [0.4, 0.5) is 0 Å². The summed E-state index contributed by atoms with van der Waals surface area (Å²) in [5.74, 6) is 6.91. The highest BCUT2D eigenvalue weighted by molar-refractivity contribution is 6.29. The number of benzene rings is 2. The third kappa shape index (κ3) is 4.20. The van der Waals surface area contributed by atoms with Gasteiger partial charge in [0.2, 0.25) is 0 Å². The number of fused-ring (bicyclic) bond motifs is 1. The second-order valence-corrected chi connectivity index (χ2v) is 7.41. The van der Waals surface area contributed by atoms with Gasteiger partial charge in [0.25, 0.3) is 0 Å². The van der Waals surface area contributed by atoms with Crippen molar-refractivity contribution < 1.29 is 4.48 Å². The number of allylic oxidation sites excluding steroid dienone is 1. The molecular formula is C22H25ClN+. The van der Waals surface area contributed by atoms with Crippen LogP contribution in [-0.4, -0.2) is 30.7 Å². The molecule has 1 fully saturated rings. The average molecular weight is 339 g/mol. The molecule has 1 saturated heterocycles. The first-order valence-corrected chi connectivity index (χ1v) is 9.20. The third-order valence-corrected chi connectivity index (χ3v) is 5.11. The van der Waals surface area contributed by atoms with E-state index >= 15 is 0 Å². The van der Waals surface area contributed by atoms with E-state index in [-0.39, 0.29) is 0 Å². The molecule has 0 amide bonds. The lowest BCUT2D eigenvalue weighted by Gasteiger charge is -2.39. The Kier molecular flexibility index (Phi) is 5.61. The molecule has 0 unspecified atom stereocenters. The molecular weight excluding hydrogens is 314 g/mol. The van der Waals surface area contributed by atoms with Crippen molar-refractivity contribution in [3.05, 3.63) is 59.1 Å². The van der Waals surface area contributed by atoms with Crippen LogP contribution in [0.3, 0.4) is 0 Å². The lowest BCUT2D eigenvalue weighted by Crippen LogP contribution is -2.51. The highest BCUT2D eigenvalue weighted by Crippen LogP contribution is 2.20. The minimum atomic E-state index is 0.889. The molecule has 2 aromatic rings. The number of piperidine rings is 1. The fourth-order valence-corrected chi connectivity index (χ4v) is 3.61. The Labute approximate surface area is 150 Å². The van der Waals surface area contributed by atoms with Gasteiger partial charge in [-0.3, -0.25) is 0 Å². The minimum absolute atomic E-state index is 0.889. The number of rotatable bonds is 3. The maximum absolute atomic E-state index is 6.07. The van der Waals surface area contributed by atoms with Crippen molar-refractivity contribution in [3.63, 3.8) is 0 Å². The SMILES string of the molecule is CC(Cl)=CC[N+]1(CC#Cc2cccc3ccccc23)CCCCC1. The molecule has 124 valence electrons. The molecule has 24 heavy (non-hydrogen) atoms. The van der Waals surface area contributed by atoms with Gasteiger partial charge in [0, 0.05) is 10.6 Å². The number of likely N-dealkylation sites (tertiary alicyclic amines) is 1. The predicted octanol–water partition coefficient (Wildman–Crippen LogP) is 5.33. The van der Waals surface area contributed by atoms with E-state index in [4.69, 9.17) is 11.6 Å². The van der Waals surface area contributed by atoms with Gasteiger partial charge in [-0.1, -0.05) is 53.9 Å². The Bertz CT molecular complexity index is 779. The number of halogens is 1. The standard InChI is InChI=1S/C22H25ClN/c1-19(23)14-18-24(15-5-2-6-16-24)17-8-12-21-11-7-10-20-9-3-4-13-22(20)21/h3-4,7,9-11,13-14H,2,5-6,15-18H2,1H3/q+1. The van der Waals surface area contributed by atoms with Gasteiger partial charge in [0.1, 0.15) is 6.54 Å². The minimum Gasteiger partial charge on any atom is -0.310 e. The van der Waals surface area contributed by atoms with Gasteiger partial charge in [0.15, 0.2) is 0 Å². The summed E-state index contributed by atoms with van der Waals surface area (Å²) >= 11 is 6.07. The molecule has 0 saturated carbocycles. The largest absolute Gasteiger partial charge is 0.310 e. The quantitative estimate of drug-likeness (QED) is 0.524. The first kappa shape index (κ1) is 17.1. The van der Waals surface area contributed by atoms with E-state index in [1.165, 1.54) is 43.1 Å². The van der Waals surface area contributed by atoms with Gasteiger partial charge in [-0.15, -0.1) is 0 Å². The van der Waals surface area contributed by atoms with E-state index in [1.807, 2.05) is 6.92 Å². The van der Waals surface area contributed by atoms with Crippen molar-refractivity contribution in [1.82, 2.24) is 0 Å². The molecule has 2 aromatic carbocycles. The van der Waals surface area contributed by atoms with E-state index in [0.717, 1.165) is 28.2 Å². The molecule has 1 nitrogen and oxygen atoms in total. The van der Waals surface area contributed by atoms with Crippen molar-refractivity contribution >= 4 is 22.4 Å². The fourth-order valence-electron chi connectivity index (χ4n) is 3.54. The van der Waals surface area contributed by atoms with Gasteiger partial charge in [0.05, 0.1) is 19.6 Å². The highest BCUT2D eigenvalue weighted by atomic mass is 35.5. The molecule has 0 aromatic heterocycles. The van der Waals surface area contributed by atoms with Crippen LogP contribution in [0.25, 0.3) is 10.8 Å². The van der Waals surface area contributed by atoms with Crippen LogP contribution >= 0.6 is 11.6 Å². The van der Waals surface area contributed by atoms with Crippen LogP contribution in [0, 0.1) is 11.8 Å². The second kappa shape index (κ2) is 7.88. The van der Waals surface area contributed by atoms with Gasteiger partial charge in [-0.2, -0.15) is 0 Å². The molecule has 2 heteroatoms. The van der Waals surface area contributed by atoms with E-state index in [2.05, 4.69) is 60.4 Å². The highest BCUT2D eigenvalue weighted by Gasteiger charge is 2.27. The Morgan fingerprint density at radius 1 is 1.08 bits per heavy atom. The van der Waals surface area contributed by atoms with Crippen LogP contribution in [0.2, 0.25) is 0 Å². The molecule has 3 rings (SSSR count). The monoisotopic (exact) mass is 338 g/mol. The summed E-state index contributed by atoms with van der Waals surface area (Å²) < 4.78 is 1.06. The lowest BCUT2D eigenvalue weighted by molar-refractivity contribution is -0.920. The van der Waals surface area contributed by atoms with Crippen LogP contribution in [-0.2, 0) is 0 Å². The molecule has 0 aliphatic carbocycles. The normalized spacial score (nSPS) is 17.3. The van der Waals surface area contributed by atoms with E-state index in [9.17, 15) is 0 Å². The van der Waals surface area contributed by atoms with E-state index in [1.54, 1.807) is 0 Å². The van der Waals surface area contributed by atoms with Gasteiger partial charge < -0.3 is 4.48 Å². The van der Waals surface area contributed by atoms with Crippen molar-refractivity contribution in [3.8, 4) is 11.8 Å². The first-order chi connectivity index (χ1) is 11.7. The zero-order valence-electron chi connectivity index (χ0n) is 14.4. The summed E-state index contributed by atoms with van der Waals surface area (Å²) in [6.45, 7) is 6.29. The van der Waals surface area contributed by atoms with E-state index < -0.39 is 0 Å². The van der Waals surface area contributed by atoms with Gasteiger partial charge >= 0.3 is 0 Å². The van der Waals surface area contributed by atoms with E-state index in [0.29, 0.717) is 0 Å². The average Bonchev–Trinajstić information content (AvgIpc) is 2.61. The van der Waals surface area contributed by atoms with Gasteiger partial charge in [-0.05, 0) is 55.0 Å². The Hall–Kier alpha value is -1.75. The summed E-state index contributed by atoms with van der Waals surface area (Å²) in [6.07, 6.45) is 6.10. The van der Waals surface area contributed by atoms with Crippen LogP contribution in [0.5, 0.6) is 0 Å². The summed E-state index contributed by atoms with van der Waals surface area (Å²) in [6, 6.07) is 14.8. The third-order valence-electron chi connectivity index (χ3n) is 4.95. The molecule has 0 bridgehead atoms. The summed E-state index contributed by atoms with van der Waals surface area (Å²) in [5, 5.41) is 3.39. The zero-order valence-corrected chi connectivity index (χ0v) is 15.1. The van der Waals surface area contributed by atoms with Crippen LogP contribution in [0.1, 0.15) is 31.7 Å². The summed E-state index contributed by atoms with van der Waals surface area (Å²) in [7, 11) is 0. The lowest BCUT2D eigenvalue weighted by atomic mass is 10.0. The zero-order chi connectivity index (χ0) is 16.8. The van der Waals surface area contributed by atoms with Crippen molar-refractivity contribution in [2.75, 3.05) is 26.2 Å². The molecule has 0 spiro atoms.